The standard InChI is InChI=1S/C21H24N2O4S/c1-27-21-9-5-8-19(16-21)22-12-14-23(15-13-22)28(25,26)17-20(24)11-10-18-6-3-2-4-7-18/h2-9,16,20,24H,12-15,17H2,1H3. The number of hydrogen-bond acceptors (Lipinski definition) is 5. The average Bonchev–Trinajstić information content (AvgIpc) is 2.73. The van der Waals surface area contributed by atoms with Crippen molar-refractivity contribution in [1.82, 2.24) is 4.31 Å². The van der Waals surface area contributed by atoms with Gasteiger partial charge < -0.3 is 14.7 Å². The largest absolute Gasteiger partial charge is 0.497 e. The predicted molar refractivity (Wildman–Crippen MR) is 110 cm³/mol. The Bertz CT molecular complexity index is 943. The number of piperazine rings is 1. The van der Waals surface area contributed by atoms with Crippen LogP contribution in [0.4, 0.5) is 5.69 Å². The van der Waals surface area contributed by atoms with Crippen LogP contribution in [-0.2, 0) is 10.0 Å². The van der Waals surface area contributed by atoms with Crippen LogP contribution in [0.15, 0.2) is 54.6 Å². The summed E-state index contributed by atoms with van der Waals surface area (Å²) in [5.74, 6) is 5.80. The first kappa shape index (κ1) is 20.2. The lowest BCUT2D eigenvalue weighted by Gasteiger charge is -2.35. The fraction of sp³-hybridized carbons (Fsp3) is 0.333. The Labute approximate surface area is 166 Å². The quantitative estimate of drug-likeness (QED) is 0.772. The number of hydrogen-bond donors (Lipinski definition) is 1. The summed E-state index contributed by atoms with van der Waals surface area (Å²) in [5.41, 5.74) is 1.75. The maximum atomic E-state index is 12.6. The van der Waals surface area contributed by atoms with Gasteiger partial charge in [0.05, 0.1) is 7.11 Å². The van der Waals surface area contributed by atoms with Crippen molar-refractivity contribution in [3.63, 3.8) is 0 Å². The number of benzene rings is 2. The molecule has 0 aromatic heterocycles. The summed E-state index contributed by atoms with van der Waals surface area (Å²) in [5, 5.41) is 10.1. The first-order valence-corrected chi connectivity index (χ1v) is 10.7. The molecule has 148 valence electrons. The molecule has 0 bridgehead atoms. The van der Waals surface area contributed by atoms with Gasteiger partial charge in [0.25, 0.3) is 0 Å². The van der Waals surface area contributed by atoms with E-state index >= 15 is 0 Å². The van der Waals surface area contributed by atoms with E-state index in [0.29, 0.717) is 26.2 Å². The SMILES string of the molecule is COc1cccc(N2CCN(S(=O)(=O)CC(O)C#Cc3ccccc3)CC2)c1. The molecule has 6 nitrogen and oxygen atoms in total. The highest BCUT2D eigenvalue weighted by atomic mass is 32.2. The van der Waals surface area contributed by atoms with Crippen LogP contribution < -0.4 is 9.64 Å². The Kier molecular flexibility index (Phi) is 6.57. The summed E-state index contributed by atoms with van der Waals surface area (Å²) >= 11 is 0. The van der Waals surface area contributed by atoms with Crippen molar-refractivity contribution in [2.45, 2.75) is 6.10 Å². The highest BCUT2D eigenvalue weighted by molar-refractivity contribution is 7.89. The van der Waals surface area contributed by atoms with Gasteiger partial charge in [-0.1, -0.05) is 36.1 Å². The fourth-order valence-electron chi connectivity index (χ4n) is 3.07. The summed E-state index contributed by atoms with van der Waals surface area (Å²) < 4.78 is 31.9. The van der Waals surface area contributed by atoms with Crippen LogP contribution in [0.3, 0.4) is 0 Å². The first-order chi connectivity index (χ1) is 13.5. The minimum atomic E-state index is -3.58. The zero-order valence-electron chi connectivity index (χ0n) is 15.8. The van der Waals surface area contributed by atoms with Crippen LogP contribution in [0, 0.1) is 11.8 Å². The molecule has 0 saturated carbocycles. The van der Waals surface area contributed by atoms with Crippen molar-refractivity contribution < 1.29 is 18.3 Å². The van der Waals surface area contributed by atoms with Gasteiger partial charge in [-0.05, 0) is 24.3 Å². The van der Waals surface area contributed by atoms with Gasteiger partial charge in [-0.15, -0.1) is 0 Å². The molecule has 2 aromatic carbocycles. The van der Waals surface area contributed by atoms with E-state index in [-0.39, 0.29) is 0 Å². The van der Waals surface area contributed by atoms with Crippen molar-refractivity contribution in [2.75, 3.05) is 43.9 Å². The van der Waals surface area contributed by atoms with E-state index in [1.807, 2.05) is 54.6 Å². The second-order valence-corrected chi connectivity index (χ2v) is 8.53. The Morgan fingerprint density at radius 3 is 2.46 bits per heavy atom. The summed E-state index contributed by atoms with van der Waals surface area (Å²) in [4.78, 5) is 2.13. The van der Waals surface area contributed by atoms with Crippen LogP contribution in [-0.4, -0.2) is 63.0 Å². The number of sulfonamides is 1. The van der Waals surface area contributed by atoms with Crippen molar-refractivity contribution in [3.8, 4) is 17.6 Å². The highest BCUT2D eigenvalue weighted by Gasteiger charge is 2.28. The third-order valence-electron chi connectivity index (χ3n) is 4.58. The Morgan fingerprint density at radius 1 is 1.07 bits per heavy atom. The second kappa shape index (κ2) is 9.11. The molecule has 3 rings (SSSR count). The molecule has 1 heterocycles. The molecular formula is C21H24N2O4S. The molecule has 1 unspecified atom stereocenters. The summed E-state index contributed by atoms with van der Waals surface area (Å²) in [6, 6.07) is 16.9. The van der Waals surface area contributed by atoms with Crippen molar-refractivity contribution in [3.05, 3.63) is 60.2 Å². The monoisotopic (exact) mass is 400 g/mol. The second-order valence-electron chi connectivity index (χ2n) is 6.52. The highest BCUT2D eigenvalue weighted by Crippen LogP contribution is 2.22. The van der Waals surface area contributed by atoms with E-state index in [2.05, 4.69) is 16.7 Å². The molecule has 7 heteroatoms. The molecule has 1 aliphatic heterocycles. The normalized spacial score (nSPS) is 16.1. The van der Waals surface area contributed by atoms with E-state index < -0.39 is 21.9 Å². The van der Waals surface area contributed by atoms with Crippen LogP contribution in [0.2, 0.25) is 0 Å². The third kappa shape index (κ3) is 5.26. The van der Waals surface area contributed by atoms with E-state index in [1.165, 1.54) is 4.31 Å². The zero-order valence-corrected chi connectivity index (χ0v) is 16.6. The molecule has 1 N–H and O–H groups in total. The molecular weight excluding hydrogens is 376 g/mol. The molecule has 0 radical (unpaired) electrons. The van der Waals surface area contributed by atoms with Crippen LogP contribution >= 0.6 is 0 Å². The van der Waals surface area contributed by atoms with Gasteiger partial charge in [-0.3, -0.25) is 0 Å². The first-order valence-electron chi connectivity index (χ1n) is 9.09. The Hall–Kier alpha value is -2.53. The minimum absolute atomic E-state index is 0.373. The zero-order chi connectivity index (χ0) is 20.0. The molecule has 1 atom stereocenters. The summed E-state index contributed by atoms with van der Waals surface area (Å²) in [6.45, 7) is 1.91. The maximum absolute atomic E-state index is 12.6. The van der Waals surface area contributed by atoms with E-state index in [9.17, 15) is 13.5 Å². The van der Waals surface area contributed by atoms with E-state index in [1.54, 1.807) is 7.11 Å². The van der Waals surface area contributed by atoms with Crippen LogP contribution in [0.5, 0.6) is 5.75 Å². The average molecular weight is 401 g/mol. The topological polar surface area (TPSA) is 70.1 Å². The number of ether oxygens (including phenoxy) is 1. The van der Waals surface area contributed by atoms with Gasteiger partial charge in [0.2, 0.25) is 10.0 Å². The molecule has 1 fully saturated rings. The van der Waals surface area contributed by atoms with Crippen molar-refractivity contribution in [1.29, 1.82) is 0 Å². The minimum Gasteiger partial charge on any atom is -0.497 e. The third-order valence-corrected chi connectivity index (χ3v) is 6.46. The fourth-order valence-corrected chi connectivity index (χ4v) is 4.48. The number of aliphatic hydroxyl groups is 1. The number of rotatable bonds is 5. The van der Waals surface area contributed by atoms with Crippen LogP contribution in [0.25, 0.3) is 0 Å². The Morgan fingerprint density at radius 2 is 1.79 bits per heavy atom. The lowest BCUT2D eigenvalue weighted by atomic mass is 10.2. The number of anilines is 1. The summed E-state index contributed by atoms with van der Waals surface area (Å²) in [6.07, 6.45) is -1.22. The maximum Gasteiger partial charge on any atom is 0.217 e. The van der Waals surface area contributed by atoms with Gasteiger partial charge in [0.1, 0.15) is 17.6 Å². The molecule has 1 saturated heterocycles. The number of aliphatic hydroxyl groups excluding tert-OH is 1. The smallest absolute Gasteiger partial charge is 0.217 e. The van der Waals surface area contributed by atoms with E-state index in [0.717, 1.165) is 17.0 Å². The summed E-state index contributed by atoms with van der Waals surface area (Å²) in [7, 11) is -1.96. The van der Waals surface area contributed by atoms with Gasteiger partial charge in [-0.25, -0.2) is 8.42 Å². The van der Waals surface area contributed by atoms with Gasteiger partial charge >= 0.3 is 0 Å². The molecule has 0 amide bonds. The predicted octanol–water partition coefficient (Wildman–Crippen LogP) is 1.56. The van der Waals surface area contributed by atoms with Crippen molar-refractivity contribution >= 4 is 15.7 Å². The van der Waals surface area contributed by atoms with E-state index in [4.69, 9.17) is 4.74 Å². The number of methoxy groups -OCH3 is 1. The molecule has 1 aliphatic rings. The van der Waals surface area contributed by atoms with Crippen LogP contribution in [0.1, 0.15) is 5.56 Å². The van der Waals surface area contributed by atoms with Crippen molar-refractivity contribution in [2.24, 2.45) is 0 Å². The molecule has 2 aromatic rings. The Balaban J connectivity index is 1.57. The van der Waals surface area contributed by atoms with Gasteiger partial charge in [0.15, 0.2) is 0 Å². The van der Waals surface area contributed by atoms with Gasteiger partial charge in [-0.2, -0.15) is 4.31 Å². The molecule has 0 aliphatic carbocycles. The lowest BCUT2D eigenvalue weighted by molar-refractivity contribution is 0.251. The number of nitrogens with zero attached hydrogens (tertiary/aromatic N) is 2. The molecule has 0 spiro atoms. The molecule has 28 heavy (non-hydrogen) atoms. The lowest BCUT2D eigenvalue weighted by Crippen LogP contribution is -2.50. The van der Waals surface area contributed by atoms with Gasteiger partial charge in [0, 0.05) is 43.5 Å².